The van der Waals surface area contributed by atoms with E-state index in [-0.39, 0.29) is 33.0 Å². The average Bonchev–Trinajstić information content (AvgIpc) is 3.40. The number of nitrogens with zero attached hydrogens (tertiary/aromatic N) is 3. The first kappa shape index (κ1) is 22.8. The number of hydrogen-bond acceptors (Lipinski definition) is 6. The number of piperidine rings is 1. The van der Waals surface area contributed by atoms with E-state index in [0.29, 0.717) is 22.8 Å². The van der Waals surface area contributed by atoms with Gasteiger partial charge in [0.2, 0.25) is 0 Å². The number of thiazole rings is 1. The van der Waals surface area contributed by atoms with Crippen LogP contribution >= 0.6 is 34.3 Å². The topological polar surface area (TPSA) is 53.5 Å². The van der Waals surface area contributed by atoms with E-state index in [4.69, 9.17) is 11.6 Å². The number of fused-ring (bicyclic) bond motifs is 1. The molecule has 2 saturated heterocycles. The van der Waals surface area contributed by atoms with Crippen LogP contribution < -0.4 is 0 Å². The summed E-state index contributed by atoms with van der Waals surface area (Å²) in [7, 11) is 0. The largest absolute Gasteiger partial charge is 0.418 e. The van der Waals surface area contributed by atoms with E-state index in [1.54, 1.807) is 11.6 Å². The van der Waals surface area contributed by atoms with Crippen LogP contribution in [0.1, 0.15) is 37.9 Å². The summed E-state index contributed by atoms with van der Waals surface area (Å²) in [6, 6.07) is 4.41. The minimum absolute atomic E-state index is 0.0348. The van der Waals surface area contributed by atoms with E-state index in [1.807, 2.05) is 0 Å². The molecule has 0 aliphatic carbocycles. The number of carbonyl (C=O) groups is 2. The number of likely N-dealkylation sites (tertiary alicyclic amines) is 2. The Labute approximate surface area is 200 Å². The fourth-order valence-electron chi connectivity index (χ4n) is 4.54. The van der Waals surface area contributed by atoms with Gasteiger partial charge in [-0.15, -0.1) is 22.7 Å². The van der Waals surface area contributed by atoms with Gasteiger partial charge in [-0.3, -0.25) is 14.5 Å². The zero-order valence-electron chi connectivity index (χ0n) is 17.3. The van der Waals surface area contributed by atoms with Gasteiger partial charge in [-0.25, -0.2) is 4.98 Å². The Balaban J connectivity index is 1.24. The van der Waals surface area contributed by atoms with Crippen LogP contribution in [0.2, 0.25) is 5.02 Å². The third kappa shape index (κ3) is 4.29. The van der Waals surface area contributed by atoms with Crippen molar-refractivity contribution in [2.45, 2.75) is 25.1 Å². The Morgan fingerprint density at radius 1 is 1.15 bits per heavy atom. The van der Waals surface area contributed by atoms with Crippen LogP contribution in [0.3, 0.4) is 0 Å². The lowest BCUT2D eigenvalue weighted by Crippen LogP contribution is -2.62. The van der Waals surface area contributed by atoms with Gasteiger partial charge in [-0.1, -0.05) is 11.6 Å². The molecule has 2 fully saturated rings. The molecule has 33 heavy (non-hydrogen) atoms. The highest BCUT2D eigenvalue weighted by Crippen LogP contribution is 2.44. The standard InChI is InChI=1S/C22H19ClF3N3O2S2/c23-13-1-2-16-15(9-13)17(22(24,25)26)19(33-16)21(31)29-10-14(11-29)28-6-3-12(4-7-28)18(30)20-27-5-8-32-20/h1-2,5,8-9,12,14H,3-4,6-7,10-11H2. The molecule has 0 N–H and O–H groups in total. The molecule has 11 heteroatoms. The van der Waals surface area contributed by atoms with Gasteiger partial charge >= 0.3 is 6.18 Å². The van der Waals surface area contributed by atoms with Gasteiger partial charge in [0.1, 0.15) is 4.88 Å². The van der Waals surface area contributed by atoms with Crippen molar-refractivity contribution in [2.75, 3.05) is 26.2 Å². The summed E-state index contributed by atoms with van der Waals surface area (Å²) < 4.78 is 41.8. The molecule has 2 aromatic heterocycles. The van der Waals surface area contributed by atoms with Gasteiger partial charge in [-0.05, 0) is 44.1 Å². The molecule has 0 bridgehead atoms. The smallest absolute Gasteiger partial charge is 0.335 e. The molecule has 2 aliphatic heterocycles. The number of ketones is 1. The highest BCUT2D eigenvalue weighted by atomic mass is 35.5. The average molecular weight is 514 g/mol. The monoisotopic (exact) mass is 513 g/mol. The van der Waals surface area contributed by atoms with Crippen molar-refractivity contribution in [1.82, 2.24) is 14.8 Å². The van der Waals surface area contributed by atoms with E-state index < -0.39 is 17.6 Å². The molecule has 0 spiro atoms. The van der Waals surface area contributed by atoms with Gasteiger partial charge in [0, 0.05) is 51.7 Å². The van der Waals surface area contributed by atoms with E-state index in [1.165, 1.54) is 34.4 Å². The third-order valence-electron chi connectivity index (χ3n) is 6.34. The molecular formula is C22H19ClF3N3O2S2. The maximum absolute atomic E-state index is 13.8. The normalized spacial score (nSPS) is 18.6. The van der Waals surface area contributed by atoms with Crippen LogP contribution in [0, 0.1) is 5.92 Å². The van der Waals surface area contributed by atoms with Crippen molar-refractivity contribution >= 4 is 56.1 Å². The van der Waals surface area contributed by atoms with E-state index in [2.05, 4.69) is 9.88 Å². The van der Waals surface area contributed by atoms with Gasteiger partial charge in [0.05, 0.1) is 5.56 Å². The van der Waals surface area contributed by atoms with Crippen LogP contribution in [0.4, 0.5) is 13.2 Å². The minimum Gasteiger partial charge on any atom is -0.335 e. The van der Waals surface area contributed by atoms with Crippen molar-refractivity contribution in [2.24, 2.45) is 5.92 Å². The second kappa shape index (κ2) is 8.65. The lowest BCUT2D eigenvalue weighted by molar-refractivity contribution is -0.136. The predicted molar refractivity (Wildman–Crippen MR) is 122 cm³/mol. The molecule has 0 atom stereocenters. The van der Waals surface area contributed by atoms with Gasteiger partial charge in [0.25, 0.3) is 5.91 Å². The summed E-state index contributed by atoms with van der Waals surface area (Å²) in [5.74, 6) is -0.561. The van der Waals surface area contributed by atoms with E-state index in [0.717, 1.165) is 37.3 Å². The first-order valence-electron chi connectivity index (χ1n) is 10.5. The Morgan fingerprint density at radius 2 is 1.88 bits per heavy atom. The fourth-order valence-corrected chi connectivity index (χ4v) is 6.54. The lowest BCUT2D eigenvalue weighted by Gasteiger charge is -2.47. The van der Waals surface area contributed by atoms with Gasteiger partial charge < -0.3 is 4.90 Å². The highest BCUT2D eigenvalue weighted by molar-refractivity contribution is 7.21. The number of rotatable bonds is 4. The molecular weight excluding hydrogens is 495 g/mol. The van der Waals surface area contributed by atoms with Crippen molar-refractivity contribution in [3.05, 3.63) is 50.2 Å². The van der Waals surface area contributed by atoms with Crippen LogP contribution in [-0.4, -0.2) is 58.7 Å². The van der Waals surface area contributed by atoms with Crippen molar-refractivity contribution in [3.63, 3.8) is 0 Å². The number of Topliss-reactive ketones (excluding diaryl/α,β-unsaturated/α-hetero) is 1. The van der Waals surface area contributed by atoms with Crippen LogP contribution in [0.5, 0.6) is 0 Å². The maximum Gasteiger partial charge on any atom is 0.418 e. The molecule has 2 aliphatic rings. The molecule has 3 aromatic rings. The second-order valence-corrected chi connectivity index (χ2v) is 10.7. The third-order valence-corrected chi connectivity index (χ3v) is 8.52. The molecule has 0 saturated carbocycles. The Bertz CT molecular complexity index is 1200. The maximum atomic E-state index is 13.8. The minimum atomic E-state index is -4.65. The molecule has 0 unspecified atom stereocenters. The number of hydrogen-bond donors (Lipinski definition) is 0. The van der Waals surface area contributed by atoms with Gasteiger partial charge in [0.15, 0.2) is 10.8 Å². The van der Waals surface area contributed by atoms with Gasteiger partial charge in [-0.2, -0.15) is 13.2 Å². The fraction of sp³-hybridized carbons (Fsp3) is 0.409. The number of amides is 1. The Kier molecular flexibility index (Phi) is 5.97. The molecule has 1 amide bonds. The quantitative estimate of drug-likeness (QED) is 0.435. The summed E-state index contributed by atoms with van der Waals surface area (Å²) in [6.45, 7) is 2.22. The van der Waals surface area contributed by atoms with Crippen molar-refractivity contribution in [1.29, 1.82) is 0 Å². The number of halogens is 4. The van der Waals surface area contributed by atoms with Crippen LogP contribution in [0.15, 0.2) is 29.8 Å². The number of benzene rings is 1. The highest BCUT2D eigenvalue weighted by Gasteiger charge is 2.43. The lowest BCUT2D eigenvalue weighted by atomic mass is 9.91. The Morgan fingerprint density at radius 3 is 2.52 bits per heavy atom. The molecule has 4 heterocycles. The summed E-state index contributed by atoms with van der Waals surface area (Å²) >= 11 is 8.11. The molecule has 5 rings (SSSR count). The van der Waals surface area contributed by atoms with Crippen LogP contribution in [0.25, 0.3) is 10.1 Å². The summed E-state index contributed by atoms with van der Waals surface area (Å²) in [4.78, 5) is 33.0. The van der Waals surface area contributed by atoms with E-state index >= 15 is 0 Å². The summed E-state index contributed by atoms with van der Waals surface area (Å²) in [6.07, 6.45) is -1.58. The number of alkyl halides is 3. The molecule has 5 nitrogen and oxygen atoms in total. The predicted octanol–water partition coefficient (Wildman–Crippen LogP) is 5.45. The summed E-state index contributed by atoms with van der Waals surface area (Å²) in [5.41, 5.74) is -0.903. The number of thiophene rings is 1. The molecule has 0 radical (unpaired) electrons. The van der Waals surface area contributed by atoms with E-state index in [9.17, 15) is 22.8 Å². The molecule has 1 aromatic carbocycles. The second-order valence-electron chi connectivity index (χ2n) is 8.32. The summed E-state index contributed by atoms with van der Waals surface area (Å²) in [5, 5.41) is 2.49. The first-order chi connectivity index (χ1) is 15.7. The van der Waals surface area contributed by atoms with Crippen LogP contribution in [-0.2, 0) is 6.18 Å². The number of carbonyl (C=O) groups excluding carboxylic acids is 2. The zero-order valence-corrected chi connectivity index (χ0v) is 19.7. The van der Waals surface area contributed by atoms with Crippen molar-refractivity contribution in [3.8, 4) is 0 Å². The first-order valence-corrected chi connectivity index (χ1v) is 12.6. The Hall–Kier alpha value is -2.01. The SMILES string of the molecule is O=C(c1nccs1)C1CCN(C2CN(C(=O)c3sc4ccc(Cl)cc4c3C(F)(F)F)C2)CC1. The van der Waals surface area contributed by atoms with Crippen molar-refractivity contribution < 1.29 is 22.8 Å². The molecule has 174 valence electrons. The number of aromatic nitrogens is 1. The zero-order chi connectivity index (χ0) is 23.3.